The number of hydrogen-bond donors (Lipinski definition) is 3. The van der Waals surface area contributed by atoms with Crippen molar-refractivity contribution in [2.24, 2.45) is 5.73 Å². The van der Waals surface area contributed by atoms with Gasteiger partial charge >= 0.3 is 0 Å². The van der Waals surface area contributed by atoms with Gasteiger partial charge < -0.3 is 16.8 Å². The fourth-order valence-corrected chi connectivity index (χ4v) is 1.89. The first-order valence-electron chi connectivity index (χ1n) is 5.92. The molecule has 5 N–H and O–H groups in total. The molecular weight excluding hydrogens is 294 g/mol. The highest BCUT2D eigenvalue weighted by molar-refractivity contribution is 6.34. The molecule has 0 saturated heterocycles. The molecule has 1 heterocycles. The second-order valence-electron chi connectivity index (χ2n) is 4.14. The Bertz CT molecular complexity index is 705. The molecule has 0 radical (unpaired) electrons. The van der Waals surface area contributed by atoms with Crippen LogP contribution in [0, 0.1) is 0 Å². The van der Waals surface area contributed by atoms with Crippen LogP contribution in [0.1, 0.15) is 26.5 Å². The molecule has 0 fully saturated rings. The summed E-state index contributed by atoms with van der Waals surface area (Å²) in [7, 11) is 0. The van der Waals surface area contributed by atoms with Crippen LogP contribution in [0.4, 0.5) is 5.82 Å². The summed E-state index contributed by atoms with van der Waals surface area (Å²) in [4.78, 5) is 30.9. The number of nitrogens with one attached hydrogen (secondary N) is 1. The quantitative estimate of drug-likeness (QED) is 0.768. The molecule has 0 aliphatic heterocycles. The molecule has 0 unspecified atom stereocenters. The van der Waals surface area contributed by atoms with E-state index >= 15 is 0 Å². The Balaban J connectivity index is 2.07. The highest BCUT2D eigenvalue weighted by Gasteiger charge is 2.11. The molecule has 21 heavy (non-hydrogen) atoms. The molecule has 2 aromatic rings. The van der Waals surface area contributed by atoms with Gasteiger partial charge in [0.25, 0.3) is 5.91 Å². The van der Waals surface area contributed by atoms with Crippen molar-refractivity contribution in [3.8, 4) is 0 Å². The Morgan fingerprint density at radius 2 is 2.05 bits per heavy atom. The third kappa shape index (κ3) is 3.67. The molecule has 0 atom stereocenters. The molecule has 8 heteroatoms. The zero-order valence-corrected chi connectivity index (χ0v) is 11.6. The largest absolute Gasteiger partial charge is 0.384 e. The van der Waals surface area contributed by atoms with Crippen molar-refractivity contribution in [1.82, 2.24) is 15.3 Å². The fourth-order valence-electron chi connectivity index (χ4n) is 1.62. The minimum absolute atomic E-state index is 0.121. The summed E-state index contributed by atoms with van der Waals surface area (Å²) in [6.45, 7) is 0.124. The van der Waals surface area contributed by atoms with E-state index < -0.39 is 5.91 Å². The Labute approximate surface area is 125 Å². The van der Waals surface area contributed by atoms with Gasteiger partial charge in [-0.2, -0.15) is 0 Å². The highest BCUT2D eigenvalue weighted by Crippen LogP contribution is 2.17. The standard InChI is InChI=1S/C13H12ClN5O2/c14-9-5-7(1-2-8(9)12(16)20)13(21)18-6-11-17-4-3-10(15)19-11/h1-5H,6H2,(H2,16,20)(H,18,21)(H2,15,17,19). The first-order chi connectivity index (χ1) is 9.97. The number of aromatic nitrogens is 2. The molecular formula is C13H12ClN5O2. The topological polar surface area (TPSA) is 124 Å². The Morgan fingerprint density at radius 3 is 2.67 bits per heavy atom. The number of anilines is 1. The average Bonchev–Trinajstić information content (AvgIpc) is 2.44. The molecule has 2 amide bonds. The normalized spacial score (nSPS) is 10.1. The Kier molecular flexibility index (Phi) is 4.34. The molecule has 0 bridgehead atoms. The van der Waals surface area contributed by atoms with Gasteiger partial charge in [0.2, 0.25) is 5.91 Å². The lowest BCUT2D eigenvalue weighted by molar-refractivity contribution is 0.0947. The summed E-state index contributed by atoms with van der Waals surface area (Å²) in [5.41, 5.74) is 11.1. The van der Waals surface area contributed by atoms with Gasteiger partial charge in [-0.3, -0.25) is 9.59 Å². The highest BCUT2D eigenvalue weighted by atomic mass is 35.5. The molecule has 0 saturated carbocycles. The monoisotopic (exact) mass is 305 g/mol. The molecule has 2 rings (SSSR count). The van der Waals surface area contributed by atoms with Gasteiger partial charge in [-0.25, -0.2) is 9.97 Å². The van der Waals surface area contributed by atoms with Gasteiger partial charge in [-0.15, -0.1) is 0 Å². The van der Waals surface area contributed by atoms with E-state index in [0.717, 1.165) is 0 Å². The summed E-state index contributed by atoms with van der Waals surface area (Å²) >= 11 is 5.88. The van der Waals surface area contributed by atoms with Crippen molar-refractivity contribution in [1.29, 1.82) is 0 Å². The van der Waals surface area contributed by atoms with Gasteiger partial charge in [-0.05, 0) is 24.3 Å². The number of benzene rings is 1. The summed E-state index contributed by atoms with van der Waals surface area (Å²) in [5.74, 6) is -0.314. The Morgan fingerprint density at radius 1 is 1.29 bits per heavy atom. The van der Waals surface area contributed by atoms with Crippen LogP contribution in [0.25, 0.3) is 0 Å². The third-order valence-corrected chi connectivity index (χ3v) is 2.94. The molecule has 1 aromatic carbocycles. The molecule has 0 spiro atoms. The Hall–Kier alpha value is -2.67. The molecule has 0 aliphatic rings. The van der Waals surface area contributed by atoms with E-state index in [1.165, 1.54) is 24.4 Å². The van der Waals surface area contributed by atoms with Crippen molar-refractivity contribution in [3.63, 3.8) is 0 Å². The summed E-state index contributed by atoms with van der Waals surface area (Å²) < 4.78 is 0. The summed E-state index contributed by atoms with van der Waals surface area (Å²) in [6.07, 6.45) is 1.50. The van der Waals surface area contributed by atoms with Crippen LogP contribution in [0.2, 0.25) is 5.02 Å². The minimum Gasteiger partial charge on any atom is -0.384 e. The molecule has 1 aromatic heterocycles. The van der Waals surface area contributed by atoms with Crippen LogP contribution in [-0.2, 0) is 6.54 Å². The number of carbonyl (C=O) groups excluding carboxylic acids is 2. The predicted molar refractivity (Wildman–Crippen MR) is 77.6 cm³/mol. The number of nitrogens with zero attached hydrogens (tertiary/aromatic N) is 2. The van der Waals surface area contributed by atoms with Gasteiger partial charge in [0.1, 0.15) is 11.6 Å². The van der Waals surface area contributed by atoms with Crippen LogP contribution >= 0.6 is 11.6 Å². The van der Waals surface area contributed by atoms with Crippen LogP contribution in [-0.4, -0.2) is 21.8 Å². The van der Waals surface area contributed by atoms with Crippen LogP contribution < -0.4 is 16.8 Å². The number of hydrogen-bond acceptors (Lipinski definition) is 5. The van der Waals surface area contributed by atoms with E-state index in [9.17, 15) is 9.59 Å². The number of halogens is 1. The molecule has 0 aliphatic carbocycles. The van der Waals surface area contributed by atoms with Gasteiger partial charge in [0.15, 0.2) is 0 Å². The smallest absolute Gasteiger partial charge is 0.251 e. The van der Waals surface area contributed by atoms with Crippen molar-refractivity contribution >= 4 is 29.2 Å². The maximum Gasteiger partial charge on any atom is 0.251 e. The first-order valence-corrected chi connectivity index (χ1v) is 6.30. The third-order valence-electron chi connectivity index (χ3n) is 2.63. The molecule has 7 nitrogen and oxygen atoms in total. The van der Waals surface area contributed by atoms with Crippen LogP contribution in [0.3, 0.4) is 0 Å². The van der Waals surface area contributed by atoms with Crippen molar-refractivity contribution in [2.45, 2.75) is 6.54 Å². The number of carbonyl (C=O) groups is 2. The SMILES string of the molecule is NC(=O)c1ccc(C(=O)NCc2nccc(N)n2)cc1Cl. The van der Waals surface area contributed by atoms with Crippen molar-refractivity contribution in [2.75, 3.05) is 5.73 Å². The van der Waals surface area contributed by atoms with E-state index in [1.807, 2.05) is 0 Å². The van der Waals surface area contributed by atoms with Crippen molar-refractivity contribution < 1.29 is 9.59 Å². The van der Waals surface area contributed by atoms with Gasteiger partial charge in [0, 0.05) is 11.8 Å². The van der Waals surface area contributed by atoms with Gasteiger partial charge in [-0.1, -0.05) is 11.6 Å². The molecule has 108 valence electrons. The zero-order valence-electron chi connectivity index (χ0n) is 10.8. The lowest BCUT2D eigenvalue weighted by Gasteiger charge is -2.06. The maximum absolute atomic E-state index is 12.0. The number of rotatable bonds is 4. The number of amides is 2. The lowest BCUT2D eigenvalue weighted by atomic mass is 10.1. The predicted octanol–water partition coefficient (Wildman–Crippen LogP) is 0.741. The first kappa shape index (κ1) is 14.7. The van der Waals surface area contributed by atoms with Gasteiger partial charge in [0.05, 0.1) is 17.1 Å². The zero-order chi connectivity index (χ0) is 15.4. The number of nitrogen functional groups attached to an aromatic ring is 1. The van der Waals surface area contributed by atoms with Crippen molar-refractivity contribution in [3.05, 3.63) is 52.4 Å². The number of nitrogens with two attached hydrogens (primary N) is 2. The van der Waals surface area contributed by atoms with E-state index in [-0.39, 0.29) is 23.0 Å². The van der Waals surface area contributed by atoms with E-state index in [0.29, 0.717) is 17.2 Å². The van der Waals surface area contributed by atoms with E-state index in [4.69, 9.17) is 23.1 Å². The van der Waals surface area contributed by atoms with E-state index in [2.05, 4.69) is 15.3 Å². The van der Waals surface area contributed by atoms with Crippen LogP contribution in [0.15, 0.2) is 30.5 Å². The summed E-state index contributed by atoms with van der Waals surface area (Å²) in [6, 6.07) is 5.78. The second-order valence-corrected chi connectivity index (χ2v) is 4.55. The lowest BCUT2D eigenvalue weighted by Crippen LogP contribution is -2.24. The second kappa shape index (κ2) is 6.19. The fraction of sp³-hybridized carbons (Fsp3) is 0.0769. The number of primary amides is 1. The van der Waals surface area contributed by atoms with E-state index in [1.54, 1.807) is 6.07 Å². The van der Waals surface area contributed by atoms with Crippen LogP contribution in [0.5, 0.6) is 0 Å². The summed E-state index contributed by atoms with van der Waals surface area (Å²) in [5, 5.41) is 2.74. The average molecular weight is 306 g/mol. The maximum atomic E-state index is 12.0. The minimum atomic E-state index is -0.653.